The molecule has 1 aromatic heterocycles. The van der Waals surface area contributed by atoms with Crippen molar-refractivity contribution in [1.29, 1.82) is 0 Å². The standard InChI is InChI=1S/C18H20F3N3O3/c19-18(20,21)17-22-12-5-1-2-6-13(12)24(17)11-15(25)23-8-4-3-7-14(23)16-26-9-10-27-16/h1-2,5-6,14,16H,3-4,7-11H2. The lowest BCUT2D eigenvalue weighted by Crippen LogP contribution is -2.51. The van der Waals surface area contributed by atoms with Crippen LogP contribution >= 0.6 is 0 Å². The summed E-state index contributed by atoms with van der Waals surface area (Å²) in [6.07, 6.45) is -2.69. The SMILES string of the molecule is O=C(Cn1c(C(F)(F)F)nc2ccccc21)N1CCCCC1C1OCCO1. The van der Waals surface area contributed by atoms with Gasteiger partial charge in [-0.05, 0) is 31.4 Å². The first-order chi connectivity index (χ1) is 12.9. The van der Waals surface area contributed by atoms with Crippen molar-refractivity contribution < 1.29 is 27.4 Å². The predicted molar refractivity (Wildman–Crippen MR) is 89.8 cm³/mol. The van der Waals surface area contributed by atoms with E-state index in [2.05, 4.69) is 4.98 Å². The summed E-state index contributed by atoms with van der Waals surface area (Å²) >= 11 is 0. The van der Waals surface area contributed by atoms with Crippen molar-refractivity contribution in [2.75, 3.05) is 19.8 Å². The van der Waals surface area contributed by atoms with Gasteiger partial charge in [-0.2, -0.15) is 13.2 Å². The number of benzene rings is 1. The molecule has 0 aliphatic carbocycles. The molecule has 1 amide bonds. The third kappa shape index (κ3) is 3.53. The molecule has 3 heterocycles. The molecule has 1 atom stereocenters. The van der Waals surface area contributed by atoms with Crippen LogP contribution in [-0.4, -0.2) is 52.4 Å². The fourth-order valence-corrected chi connectivity index (χ4v) is 3.83. The van der Waals surface area contributed by atoms with Gasteiger partial charge in [0.15, 0.2) is 6.29 Å². The molecule has 0 N–H and O–H groups in total. The first kappa shape index (κ1) is 18.2. The minimum absolute atomic E-state index is 0.218. The highest BCUT2D eigenvalue weighted by molar-refractivity contribution is 5.81. The second-order valence-corrected chi connectivity index (χ2v) is 6.77. The third-order valence-electron chi connectivity index (χ3n) is 5.03. The number of likely N-dealkylation sites (tertiary alicyclic amines) is 1. The zero-order chi connectivity index (χ0) is 19.0. The van der Waals surface area contributed by atoms with Crippen LogP contribution < -0.4 is 0 Å². The maximum Gasteiger partial charge on any atom is 0.449 e. The minimum atomic E-state index is -4.64. The summed E-state index contributed by atoms with van der Waals surface area (Å²) in [5.41, 5.74) is 0.510. The number of nitrogens with zero attached hydrogens (tertiary/aromatic N) is 3. The van der Waals surface area contributed by atoms with Crippen LogP contribution in [0.15, 0.2) is 24.3 Å². The number of ether oxygens (including phenoxy) is 2. The average Bonchev–Trinajstić information content (AvgIpc) is 3.30. The van der Waals surface area contributed by atoms with E-state index in [0.29, 0.717) is 31.7 Å². The lowest BCUT2D eigenvalue weighted by molar-refractivity contribution is -0.154. The Labute approximate surface area is 153 Å². The molecule has 9 heteroatoms. The number of carbonyl (C=O) groups is 1. The first-order valence-corrected chi connectivity index (χ1v) is 9.00. The van der Waals surface area contributed by atoms with Crippen LogP contribution in [-0.2, 0) is 27.0 Å². The number of halogens is 3. The van der Waals surface area contributed by atoms with Crippen molar-refractivity contribution >= 4 is 16.9 Å². The summed E-state index contributed by atoms with van der Waals surface area (Å²) in [6.45, 7) is 1.00. The number of fused-ring (bicyclic) bond motifs is 1. The van der Waals surface area contributed by atoms with Crippen LogP contribution in [0.5, 0.6) is 0 Å². The average molecular weight is 383 g/mol. The summed E-state index contributed by atoms with van der Waals surface area (Å²) in [7, 11) is 0. The van der Waals surface area contributed by atoms with Crippen molar-refractivity contribution in [3.05, 3.63) is 30.1 Å². The second kappa shape index (κ2) is 7.12. The number of alkyl halides is 3. The van der Waals surface area contributed by atoms with Crippen LogP contribution in [0.3, 0.4) is 0 Å². The Morgan fingerprint density at radius 1 is 1.19 bits per heavy atom. The van der Waals surface area contributed by atoms with Gasteiger partial charge in [-0.25, -0.2) is 4.98 Å². The van der Waals surface area contributed by atoms with Gasteiger partial charge in [0.05, 0.1) is 30.3 Å². The van der Waals surface area contributed by atoms with Crippen LogP contribution in [0.4, 0.5) is 13.2 Å². The molecular weight excluding hydrogens is 363 g/mol. The zero-order valence-electron chi connectivity index (χ0n) is 14.6. The lowest BCUT2D eigenvalue weighted by atomic mass is 10.0. The van der Waals surface area contributed by atoms with Crippen LogP contribution in [0.2, 0.25) is 0 Å². The van der Waals surface area contributed by atoms with Crippen LogP contribution in [0, 0.1) is 0 Å². The van der Waals surface area contributed by atoms with Gasteiger partial charge in [-0.1, -0.05) is 12.1 Å². The molecule has 0 radical (unpaired) electrons. The van der Waals surface area contributed by atoms with Crippen molar-refractivity contribution in [2.24, 2.45) is 0 Å². The second-order valence-electron chi connectivity index (χ2n) is 6.77. The Morgan fingerprint density at radius 3 is 2.67 bits per heavy atom. The number of hydrogen-bond donors (Lipinski definition) is 0. The van der Waals surface area contributed by atoms with E-state index in [1.54, 1.807) is 23.1 Å². The largest absolute Gasteiger partial charge is 0.449 e. The number of hydrogen-bond acceptors (Lipinski definition) is 4. The summed E-state index contributed by atoms with van der Waals surface area (Å²) in [5, 5.41) is 0. The summed E-state index contributed by atoms with van der Waals surface area (Å²) < 4.78 is 52.4. The molecular formula is C18H20F3N3O3. The van der Waals surface area contributed by atoms with E-state index in [4.69, 9.17) is 9.47 Å². The van der Waals surface area contributed by atoms with E-state index < -0.39 is 24.8 Å². The number of para-hydroxylation sites is 2. The summed E-state index contributed by atoms with van der Waals surface area (Å²) in [4.78, 5) is 18.3. The molecule has 0 saturated carbocycles. The maximum atomic E-state index is 13.5. The highest BCUT2D eigenvalue weighted by Gasteiger charge is 2.40. The molecule has 27 heavy (non-hydrogen) atoms. The fraction of sp³-hybridized carbons (Fsp3) is 0.556. The van der Waals surface area contributed by atoms with Gasteiger partial charge in [0.2, 0.25) is 11.7 Å². The maximum absolute atomic E-state index is 13.5. The van der Waals surface area contributed by atoms with Crippen LogP contribution in [0.25, 0.3) is 11.0 Å². The predicted octanol–water partition coefficient (Wildman–Crippen LogP) is 2.81. The highest BCUT2D eigenvalue weighted by Crippen LogP contribution is 2.32. The van der Waals surface area contributed by atoms with E-state index in [-0.39, 0.29) is 17.5 Å². The normalized spacial score (nSPS) is 21.9. The van der Waals surface area contributed by atoms with E-state index in [0.717, 1.165) is 17.4 Å². The fourth-order valence-electron chi connectivity index (χ4n) is 3.83. The molecule has 0 bridgehead atoms. The molecule has 1 aromatic carbocycles. The molecule has 2 aliphatic rings. The van der Waals surface area contributed by atoms with E-state index in [1.807, 2.05) is 0 Å². The number of imidazole rings is 1. The van der Waals surface area contributed by atoms with Gasteiger partial charge < -0.3 is 18.9 Å². The number of piperidine rings is 1. The molecule has 2 aromatic rings. The Morgan fingerprint density at radius 2 is 1.93 bits per heavy atom. The van der Waals surface area contributed by atoms with Crippen molar-refractivity contribution in [3.8, 4) is 0 Å². The zero-order valence-corrected chi connectivity index (χ0v) is 14.6. The number of amides is 1. The highest BCUT2D eigenvalue weighted by atomic mass is 19.4. The van der Waals surface area contributed by atoms with Gasteiger partial charge in [0.1, 0.15) is 6.54 Å². The topological polar surface area (TPSA) is 56.6 Å². The molecule has 2 aliphatic heterocycles. The smallest absolute Gasteiger partial charge is 0.348 e. The Balaban J connectivity index is 1.63. The Hall–Kier alpha value is -2.13. The first-order valence-electron chi connectivity index (χ1n) is 9.00. The summed E-state index contributed by atoms with van der Waals surface area (Å²) in [6, 6.07) is 6.04. The van der Waals surface area contributed by atoms with Crippen molar-refractivity contribution in [1.82, 2.24) is 14.5 Å². The molecule has 2 saturated heterocycles. The van der Waals surface area contributed by atoms with E-state index in [1.165, 1.54) is 6.07 Å². The van der Waals surface area contributed by atoms with Gasteiger partial charge >= 0.3 is 6.18 Å². The third-order valence-corrected chi connectivity index (χ3v) is 5.03. The van der Waals surface area contributed by atoms with E-state index >= 15 is 0 Å². The Kier molecular flexibility index (Phi) is 4.81. The van der Waals surface area contributed by atoms with Gasteiger partial charge in [-0.15, -0.1) is 0 Å². The molecule has 1 unspecified atom stereocenters. The van der Waals surface area contributed by atoms with Crippen molar-refractivity contribution in [3.63, 3.8) is 0 Å². The number of rotatable bonds is 3. The van der Waals surface area contributed by atoms with Gasteiger partial charge in [0.25, 0.3) is 0 Å². The quantitative estimate of drug-likeness (QED) is 0.818. The monoisotopic (exact) mass is 383 g/mol. The number of carbonyl (C=O) groups excluding carboxylic acids is 1. The molecule has 4 rings (SSSR count). The lowest BCUT2D eigenvalue weighted by Gasteiger charge is -2.38. The Bertz CT molecular complexity index is 830. The molecule has 146 valence electrons. The molecule has 0 spiro atoms. The van der Waals surface area contributed by atoms with Gasteiger partial charge in [-0.3, -0.25) is 4.79 Å². The van der Waals surface area contributed by atoms with Crippen molar-refractivity contribution in [2.45, 2.75) is 44.3 Å². The minimum Gasteiger partial charge on any atom is -0.348 e. The molecule has 6 nitrogen and oxygen atoms in total. The number of aromatic nitrogens is 2. The van der Waals surface area contributed by atoms with Gasteiger partial charge in [0, 0.05) is 6.54 Å². The van der Waals surface area contributed by atoms with Crippen LogP contribution in [0.1, 0.15) is 25.1 Å². The molecule has 2 fully saturated rings. The van der Waals surface area contributed by atoms with E-state index in [9.17, 15) is 18.0 Å². The summed E-state index contributed by atoms with van der Waals surface area (Å²) in [5.74, 6) is -1.44.